The molecule has 0 heterocycles. The summed E-state index contributed by atoms with van der Waals surface area (Å²) in [6.07, 6.45) is 1.05. The van der Waals surface area contributed by atoms with Crippen LogP contribution in [-0.2, 0) is 23.8 Å². The maximum Gasteiger partial charge on any atom is 0 e. The summed E-state index contributed by atoms with van der Waals surface area (Å²) in [4.78, 5) is 0. The maximum absolute atomic E-state index is 3.30. The first-order valence-electron chi connectivity index (χ1n) is 4.53. The SMILES string of the molecule is [Cr].[c-]1cccc2c1Cc1ccccc1-2. The number of hydrogen-bond donors (Lipinski definition) is 0. The van der Waals surface area contributed by atoms with E-state index in [1.165, 1.54) is 22.3 Å². The Morgan fingerprint density at radius 3 is 2.64 bits per heavy atom. The van der Waals surface area contributed by atoms with Gasteiger partial charge in [-0.3, -0.25) is 0 Å². The van der Waals surface area contributed by atoms with Crippen molar-refractivity contribution < 1.29 is 17.4 Å². The molecule has 1 heteroatoms. The molecule has 0 amide bonds. The molecule has 0 fully saturated rings. The normalized spacial score (nSPS) is 11.4. The second-order valence-electron chi connectivity index (χ2n) is 3.40. The van der Waals surface area contributed by atoms with Gasteiger partial charge in [-0.05, 0) is 6.42 Å². The fraction of sp³-hybridized carbons (Fsp3) is 0.0769. The van der Waals surface area contributed by atoms with Crippen molar-refractivity contribution in [3.63, 3.8) is 0 Å². The first kappa shape index (κ1) is 9.52. The Bertz CT molecular complexity index is 417. The predicted molar refractivity (Wildman–Crippen MR) is 53.5 cm³/mol. The number of benzene rings is 2. The van der Waals surface area contributed by atoms with Crippen molar-refractivity contribution in [1.29, 1.82) is 0 Å². The largest absolute Gasteiger partial charge is 0.179 e. The van der Waals surface area contributed by atoms with Crippen molar-refractivity contribution in [3.05, 3.63) is 59.7 Å². The third-order valence-corrected chi connectivity index (χ3v) is 2.62. The minimum Gasteiger partial charge on any atom is -0.179 e. The van der Waals surface area contributed by atoms with E-state index >= 15 is 0 Å². The molecule has 0 aromatic heterocycles. The monoisotopic (exact) mass is 217 g/mol. The molecule has 68 valence electrons. The fourth-order valence-electron chi connectivity index (χ4n) is 2.00. The van der Waals surface area contributed by atoms with Crippen LogP contribution in [0.25, 0.3) is 11.1 Å². The van der Waals surface area contributed by atoms with E-state index in [1.54, 1.807) is 0 Å². The van der Waals surface area contributed by atoms with Gasteiger partial charge in [0.05, 0.1) is 0 Å². The van der Waals surface area contributed by atoms with Crippen LogP contribution in [-0.4, -0.2) is 0 Å². The molecule has 0 radical (unpaired) electrons. The molecule has 0 N–H and O–H groups in total. The second kappa shape index (κ2) is 3.61. The fourth-order valence-corrected chi connectivity index (χ4v) is 2.00. The average Bonchev–Trinajstić information content (AvgIpc) is 2.56. The third kappa shape index (κ3) is 1.30. The quantitative estimate of drug-likeness (QED) is 0.508. The minimum absolute atomic E-state index is 0. The molecule has 0 aliphatic heterocycles. The zero-order valence-electron chi connectivity index (χ0n) is 7.66. The molecular weight excluding hydrogens is 208 g/mol. The molecule has 1 aliphatic carbocycles. The van der Waals surface area contributed by atoms with Crippen LogP contribution < -0.4 is 0 Å². The van der Waals surface area contributed by atoms with Gasteiger partial charge in [0.2, 0.25) is 0 Å². The van der Waals surface area contributed by atoms with Crippen LogP contribution in [0.3, 0.4) is 0 Å². The molecule has 1 aliphatic rings. The topological polar surface area (TPSA) is 0 Å². The first-order valence-corrected chi connectivity index (χ1v) is 4.53. The summed E-state index contributed by atoms with van der Waals surface area (Å²) >= 11 is 0. The molecule has 0 atom stereocenters. The Labute approximate surface area is 94.7 Å². The molecule has 3 rings (SSSR count). The Hall–Kier alpha value is -1.03. The van der Waals surface area contributed by atoms with Crippen molar-refractivity contribution in [3.8, 4) is 11.1 Å². The van der Waals surface area contributed by atoms with Crippen molar-refractivity contribution in [1.82, 2.24) is 0 Å². The van der Waals surface area contributed by atoms with Crippen molar-refractivity contribution in [2.24, 2.45) is 0 Å². The van der Waals surface area contributed by atoms with Crippen LogP contribution >= 0.6 is 0 Å². The van der Waals surface area contributed by atoms with E-state index in [9.17, 15) is 0 Å². The van der Waals surface area contributed by atoms with Crippen molar-refractivity contribution in [2.75, 3.05) is 0 Å². The number of hydrogen-bond acceptors (Lipinski definition) is 0. The summed E-state index contributed by atoms with van der Waals surface area (Å²) in [5.74, 6) is 0. The zero-order chi connectivity index (χ0) is 8.67. The Kier molecular flexibility index (Phi) is 2.46. The van der Waals surface area contributed by atoms with E-state index in [0.29, 0.717) is 0 Å². The summed E-state index contributed by atoms with van der Waals surface area (Å²) in [6.45, 7) is 0. The van der Waals surface area contributed by atoms with Gasteiger partial charge in [0, 0.05) is 17.4 Å². The zero-order valence-corrected chi connectivity index (χ0v) is 8.93. The van der Waals surface area contributed by atoms with Crippen LogP contribution in [0.4, 0.5) is 0 Å². The molecule has 2 aromatic rings. The van der Waals surface area contributed by atoms with Crippen LogP contribution in [0, 0.1) is 6.07 Å². The molecule has 0 saturated carbocycles. The van der Waals surface area contributed by atoms with Crippen molar-refractivity contribution in [2.45, 2.75) is 6.42 Å². The first-order chi connectivity index (χ1) is 6.45. The summed E-state index contributed by atoms with van der Waals surface area (Å²) < 4.78 is 0. The van der Waals surface area contributed by atoms with E-state index in [-0.39, 0.29) is 17.4 Å². The molecule has 0 saturated heterocycles. The smallest absolute Gasteiger partial charge is 0 e. The predicted octanol–water partition coefficient (Wildman–Crippen LogP) is 3.06. The van der Waals surface area contributed by atoms with Crippen LogP contribution in [0.15, 0.2) is 42.5 Å². The standard InChI is InChI=1S/C13H9.Cr/c1-3-7-12-10(5-1)9-11-6-2-4-8-13(11)12;/h1-5,7-8H,9H2;/q-1;. The van der Waals surface area contributed by atoms with E-state index in [0.717, 1.165) is 6.42 Å². The van der Waals surface area contributed by atoms with Crippen molar-refractivity contribution >= 4 is 0 Å². The van der Waals surface area contributed by atoms with Crippen LogP contribution in [0.5, 0.6) is 0 Å². The van der Waals surface area contributed by atoms with E-state index in [2.05, 4.69) is 42.5 Å². The molecule has 2 aromatic carbocycles. The summed E-state index contributed by atoms with van der Waals surface area (Å²) in [5, 5.41) is 0. The van der Waals surface area contributed by atoms with Gasteiger partial charge in [0.15, 0.2) is 0 Å². The van der Waals surface area contributed by atoms with Gasteiger partial charge in [0.1, 0.15) is 0 Å². The van der Waals surface area contributed by atoms with Gasteiger partial charge >= 0.3 is 0 Å². The average molecular weight is 217 g/mol. The number of fused-ring (bicyclic) bond motifs is 3. The molecule has 0 spiro atoms. The summed E-state index contributed by atoms with van der Waals surface area (Å²) in [6, 6.07) is 18.1. The van der Waals surface area contributed by atoms with E-state index in [4.69, 9.17) is 0 Å². The molecule has 0 nitrogen and oxygen atoms in total. The third-order valence-electron chi connectivity index (χ3n) is 2.62. The van der Waals surface area contributed by atoms with Crippen LogP contribution in [0.2, 0.25) is 0 Å². The minimum atomic E-state index is 0. The summed E-state index contributed by atoms with van der Waals surface area (Å²) in [7, 11) is 0. The molecular formula is C13H9Cr-. The Morgan fingerprint density at radius 2 is 1.71 bits per heavy atom. The van der Waals surface area contributed by atoms with Gasteiger partial charge in [-0.25, -0.2) is 0 Å². The van der Waals surface area contributed by atoms with Gasteiger partial charge in [-0.1, -0.05) is 35.4 Å². The van der Waals surface area contributed by atoms with Gasteiger partial charge in [-0.2, -0.15) is 29.8 Å². The molecule has 0 bridgehead atoms. The van der Waals surface area contributed by atoms with Crippen LogP contribution in [0.1, 0.15) is 11.1 Å². The second-order valence-corrected chi connectivity index (χ2v) is 3.40. The Balaban J connectivity index is 0.000000750. The van der Waals surface area contributed by atoms with E-state index < -0.39 is 0 Å². The maximum atomic E-state index is 3.30. The Morgan fingerprint density at radius 1 is 0.929 bits per heavy atom. The van der Waals surface area contributed by atoms with Gasteiger partial charge < -0.3 is 0 Å². The molecule has 14 heavy (non-hydrogen) atoms. The summed E-state index contributed by atoms with van der Waals surface area (Å²) in [5.41, 5.74) is 5.51. The van der Waals surface area contributed by atoms with Gasteiger partial charge in [-0.15, -0.1) is 5.56 Å². The number of rotatable bonds is 0. The van der Waals surface area contributed by atoms with E-state index in [1.807, 2.05) is 6.07 Å². The van der Waals surface area contributed by atoms with Gasteiger partial charge in [0.25, 0.3) is 0 Å². The molecule has 0 unspecified atom stereocenters.